The van der Waals surface area contributed by atoms with Gasteiger partial charge in [0, 0.05) is 31.5 Å². The molecule has 7 heteroatoms. The fourth-order valence-electron chi connectivity index (χ4n) is 3.22. The molecule has 1 aromatic heterocycles. The molecule has 0 bridgehead atoms. The van der Waals surface area contributed by atoms with Crippen molar-refractivity contribution in [1.82, 2.24) is 15.6 Å². The van der Waals surface area contributed by atoms with Crippen LogP contribution in [0.15, 0.2) is 30.5 Å². The molecule has 29 heavy (non-hydrogen) atoms. The molecule has 0 saturated heterocycles. The van der Waals surface area contributed by atoms with Crippen molar-refractivity contribution in [3.8, 4) is 0 Å². The Morgan fingerprint density at radius 2 is 1.66 bits per heavy atom. The molecule has 0 atom stereocenters. The average Bonchev–Trinajstić information content (AvgIpc) is 2.69. The van der Waals surface area contributed by atoms with E-state index in [-0.39, 0.29) is 12.5 Å². The van der Waals surface area contributed by atoms with E-state index in [0.717, 1.165) is 46.8 Å². The third-order valence-corrected chi connectivity index (χ3v) is 4.70. The predicted octanol–water partition coefficient (Wildman–Crippen LogP) is 3.29. The molecule has 0 unspecified atom stereocenters. The maximum Gasteiger partial charge on any atom is 0.315 e. The third-order valence-electron chi connectivity index (χ3n) is 4.70. The van der Waals surface area contributed by atoms with Crippen molar-refractivity contribution in [1.29, 1.82) is 0 Å². The van der Waals surface area contributed by atoms with Crippen molar-refractivity contribution in [2.24, 2.45) is 0 Å². The summed E-state index contributed by atoms with van der Waals surface area (Å²) in [5, 5.41) is 8.19. The normalized spacial score (nSPS) is 10.4. The second-order valence-corrected chi connectivity index (χ2v) is 7.06. The number of carbonyl (C=O) groups excluding carboxylic acids is 2. The number of benzene rings is 1. The lowest BCUT2D eigenvalue weighted by Gasteiger charge is -2.19. The number of urea groups is 1. The van der Waals surface area contributed by atoms with Crippen molar-refractivity contribution in [2.45, 2.75) is 41.2 Å². The Labute approximate surface area is 172 Å². The maximum atomic E-state index is 12.2. The zero-order chi connectivity index (χ0) is 21.4. The van der Waals surface area contributed by atoms with E-state index in [0.29, 0.717) is 6.54 Å². The molecule has 2 aromatic rings. The van der Waals surface area contributed by atoms with Gasteiger partial charge in [-0.3, -0.25) is 4.79 Å². The third kappa shape index (κ3) is 6.48. The molecule has 3 amide bonds. The molecule has 1 heterocycles. The SMILES string of the molecule is CCN(CC)c1ccc(CNC(=O)NCC(=O)Nc2c(C)cc(C)cc2C)cn1. The minimum absolute atomic E-state index is 0.0995. The van der Waals surface area contributed by atoms with Gasteiger partial charge in [-0.25, -0.2) is 9.78 Å². The van der Waals surface area contributed by atoms with Crippen molar-refractivity contribution in [3.05, 3.63) is 52.7 Å². The quantitative estimate of drug-likeness (QED) is 0.638. The number of hydrogen-bond donors (Lipinski definition) is 3. The summed E-state index contributed by atoms with van der Waals surface area (Å²) in [5.41, 5.74) is 4.84. The fraction of sp³-hybridized carbons (Fsp3) is 0.409. The molecule has 0 aliphatic heterocycles. The number of nitrogens with zero attached hydrogens (tertiary/aromatic N) is 2. The van der Waals surface area contributed by atoms with Gasteiger partial charge in [0.05, 0.1) is 6.54 Å². The van der Waals surface area contributed by atoms with Gasteiger partial charge in [-0.1, -0.05) is 23.8 Å². The minimum Gasteiger partial charge on any atom is -0.357 e. The summed E-state index contributed by atoms with van der Waals surface area (Å²) in [6, 6.07) is 7.52. The van der Waals surface area contributed by atoms with Gasteiger partial charge in [-0.05, 0) is 57.4 Å². The fourth-order valence-corrected chi connectivity index (χ4v) is 3.22. The zero-order valence-corrected chi connectivity index (χ0v) is 17.9. The van der Waals surface area contributed by atoms with E-state index in [2.05, 4.69) is 39.7 Å². The molecule has 1 aromatic carbocycles. The molecule has 0 spiro atoms. The first kappa shape index (κ1) is 22.2. The predicted molar refractivity (Wildman–Crippen MR) is 117 cm³/mol. The molecular weight excluding hydrogens is 366 g/mol. The van der Waals surface area contributed by atoms with Gasteiger partial charge >= 0.3 is 6.03 Å². The highest BCUT2D eigenvalue weighted by molar-refractivity contribution is 5.95. The lowest BCUT2D eigenvalue weighted by molar-refractivity contribution is -0.115. The second-order valence-electron chi connectivity index (χ2n) is 7.06. The maximum absolute atomic E-state index is 12.2. The van der Waals surface area contributed by atoms with Crippen LogP contribution in [0.3, 0.4) is 0 Å². The van der Waals surface area contributed by atoms with Crippen molar-refractivity contribution in [3.63, 3.8) is 0 Å². The van der Waals surface area contributed by atoms with Crippen LogP contribution in [-0.2, 0) is 11.3 Å². The van der Waals surface area contributed by atoms with E-state index >= 15 is 0 Å². The summed E-state index contributed by atoms with van der Waals surface area (Å²) < 4.78 is 0. The van der Waals surface area contributed by atoms with Gasteiger partial charge in [-0.15, -0.1) is 0 Å². The van der Waals surface area contributed by atoms with Crippen molar-refractivity contribution < 1.29 is 9.59 Å². The van der Waals surface area contributed by atoms with Crippen LogP contribution in [0.25, 0.3) is 0 Å². The summed E-state index contributed by atoms with van der Waals surface area (Å²) in [4.78, 5) is 30.7. The van der Waals surface area contributed by atoms with Crippen LogP contribution >= 0.6 is 0 Å². The van der Waals surface area contributed by atoms with Gasteiger partial charge in [0.1, 0.15) is 5.82 Å². The van der Waals surface area contributed by atoms with E-state index < -0.39 is 6.03 Å². The molecule has 0 radical (unpaired) electrons. The second kappa shape index (κ2) is 10.5. The first-order chi connectivity index (χ1) is 13.8. The number of hydrogen-bond acceptors (Lipinski definition) is 4. The van der Waals surface area contributed by atoms with Gasteiger partial charge in [0.15, 0.2) is 0 Å². The van der Waals surface area contributed by atoms with Gasteiger partial charge < -0.3 is 20.9 Å². The number of amides is 3. The highest BCUT2D eigenvalue weighted by Crippen LogP contribution is 2.21. The highest BCUT2D eigenvalue weighted by Gasteiger charge is 2.10. The zero-order valence-electron chi connectivity index (χ0n) is 17.9. The lowest BCUT2D eigenvalue weighted by Crippen LogP contribution is -2.39. The van der Waals surface area contributed by atoms with Crippen LogP contribution in [0.2, 0.25) is 0 Å². The summed E-state index contributed by atoms with van der Waals surface area (Å²) >= 11 is 0. The standard InChI is InChI=1S/C22H31N5O2/c1-6-27(7-2)19-9-8-18(12-23-19)13-24-22(29)25-14-20(28)26-21-16(4)10-15(3)11-17(21)5/h8-12H,6-7,13-14H2,1-5H3,(H,26,28)(H2,24,25,29). The molecule has 0 saturated carbocycles. The van der Waals surface area contributed by atoms with E-state index in [1.54, 1.807) is 6.20 Å². The monoisotopic (exact) mass is 397 g/mol. The molecule has 7 nitrogen and oxygen atoms in total. The molecule has 0 fully saturated rings. The smallest absolute Gasteiger partial charge is 0.315 e. The minimum atomic E-state index is -0.398. The highest BCUT2D eigenvalue weighted by atomic mass is 16.2. The molecule has 3 N–H and O–H groups in total. The van der Waals surface area contributed by atoms with Crippen LogP contribution in [0.4, 0.5) is 16.3 Å². The van der Waals surface area contributed by atoms with Gasteiger partial charge in [0.25, 0.3) is 0 Å². The number of aromatic nitrogens is 1. The van der Waals surface area contributed by atoms with Crippen molar-refractivity contribution in [2.75, 3.05) is 29.9 Å². The van der Waals surface area contributed by atoms with Crippen LogP contribution in [-0.4, -0.2) is 36.6 Å². The lowest BCUT2D eigenvalue weighted by atomic mass is 10.1. The molecule has 156 valence electrons. The summed E-state index contributed by atoms with van der Waals surface area (Å²) in [6.45, 7) is 12.1. The summed E-state index contributed by atoms with van der Waals surface area (Å²) in [7, 11) is 0. The number of anilines is 2. The average molecular weight is 398 g/mol. The summed E-state index contributed by atoms with van der Waals surface area (Å²) in [5.74, 6) is 0.655. The number of nitrogens with one attached hydrogen (secondary N) is 3. The Balaban J connectivity index is 1.79. The van der Waals surface area contributed by atoms with E-state index in [1.165, 1.54) is 0 Å². The topological polar surface area (TPSA) is 86.4 Å². The largest absolute Gasteiger partial charge is 0.357 e. The Kier molecular flexibility index (Phi) is 8.00. The van der Waals surface area contributed by atoms with Crippen LogP contribution in [0.5, 0.6) is 0 Å². The Bertz CT molecular complexity index is 822. The van der Waals surface area contributed by atoms with Gasteiger partial charge in [0.2, 0.25) is 5.91 Å². The number of pyridine rings is 1. The Hall–Kier alpha value is -3.09. The molecule has 0 aliphatic rings. The van der Waals surface area contributed by atoms with Crippen LogP contribution in [0, 0.1) is 20.8 Å². The first-order valence-electron chi connectivity index (χ1n) is 9.93. The van der Waals surface area contributed by atoms with E-state index in [9.17, 15) is 9.59 Å². The van der Waals surface area contributed by atoms with Crippen LogP contribution < -0.4 is 20.9 Å². The van der Waals surface area contributed by atoms with Crippen LogP contribution in [0.1, 0.15) is 36.1 Å². The Morgan fingerprint density at radius 3 is 2.21 bits per heavy atom. The summed E-state index contributed by atoms with van der Waals surface area (Å²) in [6.07, 6.45) is 1.75. The van der Waals surface area contributed by atoms with Crippen molar-refractivity contribution >= 4 is 23.4 Å². The van der Waals surface area contributed by atoms with E-state index in [4.69, 9.17) is 0 Å². The van der Waals surface area contributed by atoms with Gasteiger partial charge in [-0.2, -0.15) is 0 Å². The van der Waals surface area contributed by atoms with E-state index in [1.807, 2.05) is 45.0 Å². The number of aryl methyl sites for hydroxylation is 3. The molecule has 2 rings (SSSR count). The Morgan fingerprint density at radius 1 is 1.00 bits per heavy atom. The molecular formula is C22H31N5O2. The number of rotatable bonds is 8. The first-order valence-corrected chi connectivity index (χ1v) is 9.93. The molecule has 0 aliphatic carbocycles. The number of carbonyl (C=O) groups is 2.